The normalized spacial score (nSPS) is 11.8. The first-order valence-electron chi connectivity index (χ1n) is 12.8. The Morgan fingerprint density at radius 2 is 1.90 bits per heavy atom. The number of nitrogens with zero attached hydrogens (tertiary/aromatic N) is 3. The van der Waals surface area contributed by atoms with Gasteiger partial charge in [0.2, 0.25) is 5.43 Å². The van der Waals surface area contributed by atoms with Crippen LogP contribution in [0.2, 0.25) is 0 Å². The van der Waals surface area contributed by atoms with Crippen molar-refractivity contribution in [1.29, 1.82) is 0 Å². The Morgan fingerprint density at radius 3 is 2.61 bits per heavy atom. The summed E-state index contributed by atoms with van der Waals surface area (Å²) in [6.07, 6.45) is 4.49. The average Bonchev–Trinajstić information content (AvgIpc) is 3.38. The number of fused-ring (bicyclic) bond motifs is 1. The van der Waals surface area contributed by atoms with Crippen molar-refractivity contribution < 1.29 is 23.4 Å². The highest BCUT2D eigenvalue weighted by molar-refractivity contribution is 6.04. The summed E-state index contributed by atoms with van der Waals surface area (Å²) in [5, 5.41) is 22.4. The topological polar surface area (TPSA) is 134 Å². The quantitative estimate of drug-likeness (QED) is 0.201. The van der Waals surface area contributed by atoms with Crippen molar-refractivity contribution in [2.75, 3.05) is 17.2 Å². The van der Waals surface area contributed by atoms with Crippen molar-refractivity contribution in [3.05, 3.63) is 94.5 Å². The van der Waals surface area contributed by atoms with Crippen molar-refractivity contribution in [3.8, 4) is 22.6 Å². The fourth-order valence-corrected chi connectivity index (χ4v) is 4.18. The van der Waals surface area contributed by atoms with E-state index >= 15 is 4.39 Å². The molecule has 0 aliphatic heterocycles. The van der Waals surface area contributed by atoms with Gasteiger partial charge in [-0.2, -0.15) is 5.10 Å². The molecular formula is C29H26F2N6O4. The minimum absolute atomic E-state index is 0.108. The number of hydrogen-bond donors (Lipinski definition) is 4. The average molecular weight is 561 g/mol. The number of ether oxygens (including phenoxy) is 1. The number of aromatic nitrogens is 4. The molecule has 12 heteroatoms. The molecule has 4 N–H and O–H groups in total. The molecule has 5 rings (SSSR count). The van der Waals surface area contributed by atoms with Crippen molar-refractivity contribution in [2.24, 2.45) is 0 Å². The number of nitrogens with one attached hydrogen (secondary N) is 3. The van der Waals surface area contributed by atoms with Gasteiger partial charge in [0.05, 0.1) is 6.61 Å². The van der Waals surface area contributed by atoms with E-state index < -0.39 is 23.0 Å². The molecular weight excluding hydrogens is 534 g/mol. The summed E-state index contributed by atoms with van der Waals surface area (Å²) in [7, 11) is 0. The van der Waals surface area contributed by atoms with E-state index in [-0.39, 0.29) is 41.0 Å². The number of pyridine rings is 2. The number of amides is 1. The smallest absolute Gasteiger partial charge is 0.261 e. The largest absolute Gasteiger partial charge is 0.453 e. The van der Waals surface area contributed by atoms with E-state index in [9.17, 15) is 19.1 Å². The molecule has 0 saturated carbocycles. The number of carbonyl (C=O) groups is 1. The van der Waals surface area contributed by atoms with Crippen LogP contribution in [0.4, 0.5) is 20.3 Å². The molecule has 2 aromatic carbocycles. The molecule has 1 amide bonds. The van der Waals surface area contributed by atoms with Crippen LogP contribution < -0.4 is 20.8 Å². The number of rotatable bonds is 9. The number of aromatic amines is 1. The zero-order valence-electron chi connectivity index (χ0n) is 22.1. The number of carbonyl (C=O) groups excluding carboxylic acids is 1. The van der Waals surface area contributed by atoms with Gasteiger partial charge in [0.25, 0.3) is 5.91 Å². The number of aliphatic hydroxyl groups is 1. The lowest BCUT2D eigenvalue weighted by atomic mass is 10.0. The van der Waals surface area contributed by atoms with Crippen molar-refractivity contribution >= 4 is 28.4 Å². The van der Waals surface area contributed by atoms with Gasteiger partial charge >= 0.3 is 0 Å². The fraction of sp³-hybridized carbons (Fsp3) is 0.172. The van der Waals surface area contributed by atoms with E-state index in [1.54, 1.807) is 23.8 Å². The molecule has 0 bridgehead atoms. The molecule has 0 radical (unpaired) electrons. The Kier molecular flexibility index (Phi) is 7.74. The number of halogens is 2. The van der Waals surface area contributed by atoms with Crippen LogP contribution in [0.1, 0.15) is 24.2 Å². The molecule has 0 aliphatic rings. The van der Waals surface area contributed by atoms with Crippen LogP contribution in [0.5, 0.6) is 11.5 Å². The minimum Gasteiger partial charge on any atom is -0.453 e. The maximum absolute atomic E-state index is 15.1. The monoisotopic (exact) mass is 560 g/mol. The Bertz CT molecular complexity index is 1790. The molecule has 41 heavy (non-hydrogen) atoms. The van der Waals surface area contributed by atoms with E-state index in [1.165, 1.54) is 48.8 Å². The first kappa shape index (κ1) is 27.5. The second-order valence-corrected chi connectivity index (χ2v) is 9.29. The van der Waals surface area contributed by atoms with Gasteiger partial charge in [-0.05, 0) is 43.7 Å². The SMILES string of the molecule is CCn1cc(C(=O)Nc2ccc(Oc3ccnc4[nH]nc(N[C@@H](C)CO)c34)c(F)c2)c(=O)c(-c2ccc(F)cc2)c1. The molecule has 3 heterocycles. The standard InChI is InChI=1S/C29H26F2N6O4/c1-3-37-13-20(17-4-6-18(30)7-5-17)26(39)21(14-37)29(40)34-19-8-9-23(22(31)12-19)41-24-10-11-32-27-25(24)28(36-35-27)33-16(2)15-38/h4-14,16,38H,3,15H2,1-2H3,(H,34,40)(H2,32,33,35,36)/t16-/m0/s1. The lowest BCUT2D eigenvalue weighted by Crippen LogP contribution is -2.24. The molecule has 3 aromatic heterocycles. The Labute approximate surface area is 232 Å². The number of benzene rings is 2. The van der Waals surface area contributed by atoms with Crippen LogP contribution in [0, 0.1) is 11.6 Å². The second-order valence-electron chi connectivity index (χ2n) is 9.29. The Hall–Kier alpha value is -5.10. The van der Waals surface area contributed by atoms with E-state index in [0.717, 1.165) is 6.07 Å². The molecule has 0 saturated heterocycles. The van der Waals surface area contributed by atoms with Crippen molar-refractivity contribution in [2.45, 2.75) is 26.4 Å². The molecule has 0 unspecified atom stereocenters. The number of aliphatic hydroxyl groups excluding tert-OH is 1. The lowest BCUT2D eigenvalue weighted by Gasteiger charge is -2.13. The number of hydrogen-bond acceptors (Lipinski definition) is 7. The van der Waals surface area contributed by atoms with Crippen LogP contribution >= 0.6 is 0 Å². The Morgan fingerprint density at radius 1 is 1.12 bits per heavy atom. The van der Waals surface area contributed by atoms with Gasteiger partial charge in [-0.15, -0.1) is 0 Å². The van der Waals surface area contributed by atoms with Crippen LogP contribution in [0.3, 0.4) is 0 Å². The molecule has 0 aliphatic carbocycles. The fourth-order valence-electron chi connectivity index (χ4n) is 4.18. The third-order valence-electron chi connectivity index (χ3n) is 6.33. The summed E-state index contributed by atoms with van der Waals surface area (Å²) in [6, 6.07) is 10.5. The number of H-pyrrole nitrogens is 1. The van der Waals surface area contributed by atoms with Gasteiger partial charge in [-0.3, -0.25) is 14.7 Å². The first-order chi connectivity index (χ1) is 19.8. The van der Waals surface area contributed by atoms with Crippen LogP contribution in [-0.2, 0) is 6.54 Å². The third-order valence-corrected chi connectivity index (χ3v) is 6.33. The summed E-state index contributed by atoms with van der Waals surface area (Å²) in [5.41, 5.74) is 0.524. The molecule has 10 nitrogen and oxygen atoms in total. The summed E-state index contributed by atoms with van der Waals surface area (Å²) in [4.78, 5) is 30.5. The van der Waals surface area contributed by atoms with E-state index in [0.29, 0.717) is 29.0 Å². The van der Waals surface area contributed by atoms with E-state index in [1.807, 2.05) is 6.92 Å². The van der Waals surface area contributed by atoms with E-state index in [2.05, 4.69) is 25.8 Å². The number of aryl methyl sites for hydroxylation is 1. The zero-order valence-corrected chi connectivity index (χ0v) is 22.1. The molecule has 5 aromatic rings. The maximum Gasteiger partial charge on any atom is 0.261 e. The first-order valence-corrected chi connectivity index (χ1v) is 12.8. The van der Waals surface area contributed by atoms with Crippen LogP contribution in [0.25, 0.3) is 22.2 Å². The van der Waals surface area contributed by atoms with Gasteiger partial charge in [0.15, 0.2) is 23.0 Å². The Balaban J connectivity index is 1.40. The van der Waals surface area contributed by atoms with Gasteiger partial charge in [-0.25, -0.2) is 13.8 Å². The van der Waals surface area contributed by atoms with Gasteiger partial charge < -0.3 is 25.0 Å². The van der Waals surface area contributed by atoms with Gasteiger partial charge in [0.1, 0.15) is 22.5 Å². The maximum atomic E-state index is 15.1. The number of anilines is 2. The minimum atomic E-state index is -0.763. The van der Waals surface area contributed by atoms with Gasteiger partial charge in [0, 0.05) is 54.6 Å². The zero-order chi connectivity index (χ0) is 29.1. The molecule has 0 fully saturated rings. The summed E-state index contributed by atoms with van der Waals surface area (Å²) in [6.45, 7) is 3.96. The lowest BCUT2D eigenvalue weighted by molar-refractivity contribution is 0.102. The third kappa shape index (κ3) is 5.77. The van der Waals surface area contributed by atoms with Crippen LogP contribution in [0.15, 0.2) is 71.9 Å². The summed E-state index contributed by atoms with van der Waals surface area (Å²) < 4.78 is 36.0. The predicted octanol–water partition coefficient (Wildman–Crippen LogP) is 4.92. The van der Waals surface area contributed by atoms with Crippen molar-refractivity contribution in [3.63, 3.8) is 0 Å². The van der Waals surface area contributed by atoms with Gasteiger partial charge in [-0.1, -0.05) is 12.1 Å². The highest BCUT2D eigenvalue weighted by Crippen LogP contribution is 2.34. The summed E-state index contributed by atoms with van der Waals surface area (Å²) in [5.74, 6) is -1.40. The van der Waals surface area contributed by atoms with Crippen molar-refractivity contribution in [1.82, 2.24) is 19.7 Å². The molecule has 1 atom stereocenters. The summed E-state index contributed by atoms with van der Waals surface area (Å²) >= 11 is 0. The molecule has 0 spiro atoms. The highest BCUT2D eigenvalue weighted by atomic mass is 19.1. The van der Waals surface area contributed by atoms with Crippen LogP contribution in [-0.4, -0.2) is 43.4 Å². The predicted molar refractivity (Wildman–Crippen MR) is 150 cm³/mol. The highest BCUT2D eigenvalue weighted by Gasteiger charge is 2.19. The molecule has 210 valence electrons. The van der Waals surface area contributed by atoms with E-state index in [4.69, 9.17) is 4.74 Å². The second kappa shape index (κ2) is 11.6.